The van der Waals surface area contributed by atoms with E-state index in [1.807, 2.05) is 0 Å². The number of methoxy groups -OCH3 is 2. The second-order valence-electron chi connectivity index (χ2n) is 4.33. The number of carbonyl (C=O) groups is 1. The van der Waals surface area contributed by atoms with E-state index in [0.29, 0.717) is 0 Å². The highest BCUT2D eigenvalue weighted by molar-refractivity contribution is 5.98. The Morgan fingerprint density at radius 2 is 2.00 bits per heavy atom. The van der Waals surface area contributed by atoms with E-state index in [1.54, 1.807) is 11.9 Å². The lowest BCUT2D eigenvalue weighted by atomic mass is 10.2. The van der Waals surface area contributed by atoms with Gasteiger partial charge >= 0.3 is 0 Å². The van der Waals surface area contributed by atoms with Crippen molar-refractivity contribution in [2.75, 3.05) is 34.4 Å². The molecule has 1 N–H and O–H groups in total. The number of nitrogens with zero attached hydrogens (tertiary/aromatic N) is 3. The van der Waals surface area contributed by atoms with E-state index in [-0.39, 0.29) is 29.3 Å². The molecule has 1 aromatic rings. The van der Waals surface area contributed by atoms with Crippen LogP contribution in [0.5, 0.6) is 11.8 Å². The summed E-state index contributed by atoms with van der Waals surface area (Å²) in [5.74, 6) is 0.271. The van der Waals surface area contributed by atoms with Gasteiger partial charge in [0.15, 0.2) is 5.56 Å². The minimum Gasteiger partial charge on any atom is -0.480 e. The second kappa shape index (κ2) is 5.83. The first-order valence-electron chi connectivity index (χ1n) is 6.10. The van der Waals surface area contributed by atoms with E-state index < -0.39 is 0 Å². The van der Waals surface area contributed by atoms with Crippen molar-refractivity contribution in [2.45, 2.75) is 12.5 Å². The molecule has 0 saturated carbocycles. The predicted molar refractivity (Wildman–Crippen MR) is 68.5 cm³/mol. The fourth-order valence-electron chi connectivity index (χ4n) is 2.16. The third-order valence-electron chi connectivity index (χ3n) is 3.28. The van der Waals surface area contributed by atoms with Crippen LogP contribution in [0.15, 0.2) is 6.33 Å². The lowest BCUT2D eigenvalue weighted by Gasteiger charge is -2.24. The molecule has 1 unspecified atom stereocenters. The first-order chi connectivity index (χ1) is 9.19. The fourth-order valence-corrected chi connectivity index (χ4v) is 2.16. The van der Waals surface area contributed by atoms with Crippen molar-refractivity contribution >= 4 is 5.91 Å². The Morgan fingerprint density at radius 1 is 1.37 bits per heavy atom. The summed E-state index contributed by atoms with van der Waals surface area (Å²) >= 11 is 0. The number of nitrogens with one attached hydrogen (secondary N) is 1. The van der Waals surface area contributed by atoms with Crippen LogP contribution in [0.3, 0.4) is 0 Å². The molecule has 7 nitrogen and oxygen atoms in total. The maximum atomic E-state index is 12.5. The van der Waals surface area contributed by atoms with Crippen LogP contribution in [0.1, 0.15) is 16.8 Å². The molecule has 1 amide bonds. The molecule has 0 aliphatic carbocycles. The van der Waals surface area contributed by atoms with Crippen molar-refractivity contribution in [3.05, 3.63) is 11.9 Å². The van der Waals surface area contributed by atoms with Crippen molar-refractivity contribution in [3.63, 3.8) is 0 Å². The average molecular weight is 266 g/mol. The fraction of sp³-hybridized carbons (Fsp3) is 0.583. The summed E-state index contributed by atoms with van der Waals surface area (Å²) in [6.07, 6.45) is 2.24. The van der Waals surface area contributed by atoms with Gasteiger partial charge in [0, 0.05) is 19.6 Å². The van der Waals surface area contributed by atoms with E-state index >= 15 is 0 Å². The lowest BCUT2D eigenvalue weighted by molar-refractivity contribution is 0.0734. The summed E-state index contributed by atoms with van der Waals surface area (Å²) in [6.45, 7) is 1.71. The van der Waals surface area contributed by atoms with Gasteiger partial charge in [0.25, 0.3) is 5.91 Å². The Hall–Kier alpha value is -1.89. The Morgan fingerprint density at radius 3 is 2.47 bits per heavy atom. The number of rotatable bonds is 4. The molecule has 0 aromatic carbocycles. The number of amides is 1. The highest BCUT2D eigenvalue weighted by Gasteiger charge is 2.29. The van der Waals surface area contributed by atoms with Crippen molar-refractivity contribution in [1.82, 2.24) is 20.2 Å². The molecule has 104 valence electrons. The molecule has 0 bridgehead atoms. The Kier molecular flexibility index (Phi) is 4.16. The third kappa shape index (κ3) is 2.60. The third-order valence-corrected chi connectivity index (χ3v) is 3.28. The minimum absolute atomic E-state index is 0.169. The quantitative estimate of drug-likeness (QED) is 0.822. The zero-order chi connectivity index (χ0) is 13.8. The Labute approximate surface area is 111 Å². The van der Waals surface area contributed by atoms with Crippen LogP contribution in [-0.2, 0) is 0 Å². The van der Waals surface area contributed by atoms with E-state index in [1.165, 1.54) is 20.5 Å². The summed E-state index contributed by atoms with van der Waals surface area (Å²) in [5, 5.41) is 3.23. The molecule has 1 aliphatic rings. The number of ether oxygens (including phenoxy) is 2. The van der Waals surface area contributed by atoms with Crippen LogP contribution < -0.4 is 14.8 Å². The van der Waals surface area contributed by atoms with Gasteiger partial charge in [-0.15, -0.1) is 0 Å². The van der Waals surface area contributed by atoms with E-state index in [0.717, 1.165) is 19.5 Å². The zero-order valence-electron chi connectivity index (χ0n) is 11.3. The molecule has 7 heteroatoms. The van der Waals surface area contributed by atoms with Gasteiger partial charge in [-0.3, -0.25) is 4.79 Å². The van der Waals surface area contributed by atoms with Crippen molar-refractivity contribution in [2.24, 2.45) is 0 Å². The minimum atomic E-state index is -0.192. The maximum absolute atomic E-state index is 12.5. The summed E-state index contributed by atoms with van der Waals surface area (Å²) in [4.78, 5) is 22.2. The van der Waals surface area contributed by atoms with Gasteiger partial charge in [0.2, 0.25) is 11.8 Å². The summed E-state index contributed by atoms with van der Waals surface area (Å²) in [6, 6.07) is 0.169. The predicted octanol–water partition coefficient (Wildman–Crippen LogP) is -0.0723. The number of hydrogen-bond acceptors (Lipinski definition) is 6. The molecule has 0 radical (unpaired) electrons. The Bertz CT molecular complexity index is 438. The average Bonchev–Trinajstić information content (AvgIpc) is 2.98. The van der Waals surface area contributed by atoms with E-state index in [2.05, 4.69) is 15.3 Å². The molecule has 2 rings (SSSR count). The molecule has 1 fully saturated rings. The molecule has 19 heavy (non-hydrogen) atoms. The standard InChI is InChI=1S/C12H18N4O3/c1-16(8-4-5-13-6-8)12(17)9-10(18-2)14-7-15-11(9)19-3/h7-8,13H,4-6H2,1-3H3. The first-order valence-corrected chi connectivity index (χ1v) is 6.10. The summed E-state index contributed by atoms with van der Waals surface area (Å²) in [5.41, 5.74) is 0.266. The van der Waals surface area contributed by atoms with Gasteiger partial charge in [0.1, 0.15) is 6.33 Å². The van der Waals surface area contributed by atoms with Crippen molar-refractivity contribution < 1.29 is 14.3 Å². The maximum Gasteiger partial charge on any atom is 0.264 e. The number of aromatic nitrogens is 2. The van der Waals surface area contributed by atoms with Gasteiger partial charge in [-0.1, -0.05) is 0 Å². The van der Waals surface area contributed by atoms with Gasteiger partial charge in [-0.25, -0.2) is 9.97 Å². The smallest absolute Gasteiger partial charge is 0.264 e. The monoisotopic (exact) mass is 266 g/mol. The van der Waals surface area contributed by atoms with E-state index in [9.17, 15) is 4.79 Å². The highest BCUT2D eigenvalue weighted by atomic mass is 16.5. The SMILES string of the molecule is COc1ncnc(OC)c1C(=O)N(C)C1CCNC1. The second-order valence-corrected chi connectivity index (χ2v) is 4.33. The van der Waals surface area contributed by atoms with E-state index in [4.69, 9.17) is 9.47 Å². The molecule has 1 aliphatic heterocycles. The van der Waals surface area contributed by atoms with Crippen molar-refractivity contribution in [1.29, 1.82) is 0 Å². The highest BCUT2D eigenvalue weighted by Crippen LogP contribution is 2.25. The van der Waals surface area contributed by atoms with Crippen LogP contribution in [0, 0.1) is 0 Å². The molecule has 0 spiro atoms. The van der Waals surface area contributed by atoms with Gasteiger partial charge in [0.05, 0.1) is 14.2 Å². The molecule has 1 saturated heterocycles. The topological polar surface area (TPSA) is 76.6 Å². The molecule has 1 atom stereocenters. The van der Waals surface area contributed by atoms with Gasteiger partial charge in [-0.2, -0.15) is 0 Å². The lowest BCUT2D eigenvalue weighted by Crippen LogP contribution is -2.38. The van der Waals surface area contributed by atoms with Crippen LogP contribution >= 0.6 is 0 Å². The van der Waals surface area contributed by atoms with Crippen LogP contribution in [0.2, 0.25) is 0 Å². The van der Waals surface area contributed by atoms with Crippen molar-refractivity contribution in [3.8, 4) is 11.8 Å². The largest absolute Gasteiger partial charge is 0.480 e. The van der Waals surface area contributed by atoms with Crippen LogP contribution in [-0.4, -0.2) is 61.2 Å². The van der Waals surface area contributed by atoms with Crippen LogP contribution in [0.25, 0.3) is 0 Å². The first kappa shape index (κ1) is 13.5. The summed E-state index contributed by atoms with van der Waals surface area (Å²) in [7, 11) is 4.71. The number of carbonyl (C=O) groups excluding carboxylic acids is 1. The number of likely N-dealkylation sites (N-methyl/N-ethyl adjacent to an activating group) is 1. The molecule has 1 aromatic heterocycles. The molecular formula is C12H18N4O3. The molecular weight excluding hydrogens is 248 g/mol. The molecule has 2 heterocycles. The van der Waals surface area contributed by atoms with Gasteiger partial charge < -0.3 is 19.7 Å². The number of hydrogen-bond donors (Lipinski definition) is 1. The Balaban J connectivity index is 2.31. The zero-order valence-corrected chi connectivity index (χ0v) is 11.3. The van der Waals surface area contributed by atoms with Gasteiger partial charge in [-0.05, 0) is 13.0 Å². The normalized spacial score (nSPS) is 18.2. The summed E-state index contributed by atoms with van der Waals surface area (Å²) < 4.78 is 10.3. The van der Waals surface area contributed by atoms with Crippen LogP contribution in [0.4, 0.5) is 0 Å².